The number of para-hydroxylation sites is 1. The van der Waals surface area contributed by atoms with Crippen molar-refractivity contribution in [2.24, 2.45) is 0 Å². The van der Waals surface area contributed by atoms with Gasteiger partial charge in [0.15, 0.2) is 6.61 Å². The van der Waals surface area contributed by atoms with Crippen LogP contribution in [0, 0.1) is 0 Å². The van der Waals surface area contributed by atoms with Crippen LogP contribution in [0.5, 0.6) is 5.75 Å². The lowest BCUT2D eigenvalue weighted by atomic mass is 10.3. The summed E-state index contributed by atoms with van der Waals surface area (Å²) in [7, 11) is 0. The van der Waals surface area contributed by atoms with Crippen molar-refractivity contribution in [3.8, 4) is 5.75 Å². The van der Waals surface area contributed by atoms with Gasteiger partial charge < -0.3 is 15.4 Å². The second kappa shape index (κ2) is 8.55. The van der Waals surface area contributed by atoms with Crippen LogP contribution in [0.3, 0.4) is 0 Å². The molecule has 0 aliphatic carbocycles. The zero-order valence-corrected chi connectivity index (χ0v) is 14.1. The van der Waals surface area contributed by atoms with Crippen molar-refractivity contribution >= 4 is 34.8 Å². The van der Waals surface area contributed by atoms with Gasteiger partial charge in [0.1, 0.15) is 5.75 Å². The van der Waals surface area contributed by atoms with Crippen LogP contribution in [0.4, 0.5) is 0 Å². The molecule has 0 aliphatic rings. The molecule has 0 aliphatic heterocycles. The van der Waals surface area contributed by atoms with E-state index in [0.717, 1.165) is 4.88 Å². The fourth-order valence-corrected chi connectivity index (χ4v) is 2.88. The highest BCUT2D eigenvalue weighted by Crippen LogP contribution is 2.26. The number of nitrogens with one attached hydrogen (secondary N) is 2. The SMILES string of the molecule is CC(NC(=O)CNC(=O)COc1ccccc1)c1ccc(Cl)s1. The third-order valence-electron chi connectivity index (χ3n) is 2.96. The van der Waals surface area contributed by atoms with Gasteiger partial charge in [0.2, 0.25) is 5.91 Å². The van der Waals surface area contributed by atoms with Crippen molar-refractivity contribution in [3.05, 3.63) is 51.7 Å². The number of carbonyl (C=O) groups is 2. The van der Waals surface area contributed by atoms with Gasteiger partial charge in [-0.05, 0) is 31.2 Å². The minimum Gasteiger partial charge on any atom is -0.484 e. The highest BCUT2D eigenvalue weighted by molar-refractivity contribution is 7.16. The van der Waals surface area contributed by atoms with Crippen molar-refractivity contribution in [2.45, 2.75) is 13.0 Å². The number of rotatable bonds is 7. The molecule has 0 bridgehead atoms. The molecular formula is C16H17ClN2O3S. The lowest BCUT2D eigenvalue weighted by Gasteiger charge is -2.12. The van der Waals surface area contributed by atoms with Gasteiger partial charge >= 0.3 is 0 Å². The highest BCUT2D eigenvalue weighted by Gasteiger charge is 2.12. The first kappa shape index (κ1) is 17.3. The zero-order chi connectivity index (χ0) is 16.7. The summed E-state index contributed by atoms with van der Waals surface area (Å²) in [6.45, 7) is 1.63. The van der Waals surface area contributed by atoms with Crippen LogP contribution >= 0.6 is 22.9 Å². The Kier molecular flexibility index (Phi) is 6.43. The van der Waals surface area contributed by atoms with E-state index in [1.807, 2.05) is 31.2 Å². The minimum absolute atomic E-state index is 0.0968. The largest absolute Gasteiger partial charge is 0.484 e. The molecule has 0 radical (unpaired) electrons. The van der Waals surface area contributed by atoms with E-state index < -0.39 is 0 Å². The van der Waals surface area contributed by atoms with E-state index in [0.29, 0.717) is 10.1 Å². The van der Waals surface area contributed by atoms with Gasteiger partial charge in [-0.2, -0.15) is 0 Å². The third kappa shape index (κ3) is 5.92. The summed E-state index contributed by atoms with van der Waals surface area (Å²) >= 11 is 7.28. The van der Waals surface area contributed by atoms with E-state index >= 15 is 0 Å². The topological polar surface area (TPSA) is 67.4 Å². The van der Waals surface area contributed by atoms with Crippen LogP contribution in [-0.2, 0) is 9.59 Å². The first-order valence-electron chi connectivity index (χ1n) is 7.04. The molecule has 0 fully saturated rings. The number of carbonyl (C=O) groups excluding carboxylic acids is 2. The molecule has 1 atom stereocenters. The minimum atomic E-state index is -0.351. The molecule has 1 unspecified atom stereocenters. The Morgan fingerprint density at radius 3 is 2.57 bits per heavy atom. The van der Waals surface area contributed by atoms with E-state index in [1.165, 1.54) is 11.3 Å². The van der Waals surface area contributed by atoms with Crippen LogP contribution in [0.2, 0.25) is 4.34 Å². The third-order valence-corrected chi connectivity index (χ3v) is 4.37. The Morgan fingerprint density at radius 2 is 1.91 bits per heavy atom. The number of hydrogen-bond acceptors (Lipinski definition) is 4. The van der Waals surface area contributed by atoms with Gasteiger partial charge in [-0.25, -0.2) is 0 Å². The fraction of sp³-hybridized carbons (Fsp3) is 0.250. The van der Waals surface area contributed by atoms with Crippen LogP contribution in [-0.4, -0.2) is 25.0 Å². The molecule has 2 amide bonds. The molecule has 1 aromatic heterocycles. The molecule has 1 aromatic carbocycles. The fourth-order valence-electron chi connectivity index (χ4n) is 1.82. The molecule has 7 heteroatoms. The van der Waals surface area contributed by atoms with E-state index in [2.05, 4.69) is 10.6 Å². The van der Waals surface area contributed by atoms with Gasteiger partial charge in [-0.1, -0.05) is 29.8 Å². The maximum absolute atomic E-state index is 11.8. The van der Waals surface area contributed by atoms with Gasteiger partial charge in [0, 0.05) is 4.88 Å². The zero-order valence-electron chi connectivity index (χ0n) is 12.5. The maximum Gasteiger partial charge on any atom is 0.258 e. The van der Waals surface area contributed by atoms with Crippen molar-refractivity contribution in [1.82, 2.24) is 10.6 Å². The molecular weight excluding hydrogens is 336 g/mol. The van der Waals surface area contributed by atoms with Gasteiger partial charge in [0.05, 0.1) is 16.9 Å². The monoisotopic (exact) mass is 352 g/mol. The van der Waals surface area contributed by atoms with Crippen molar-refractivity contribution in [1.29, 1.82) is 0 Å². The van der Waals surface area contributed by atoms with Gasteiger partial charge in [-0.15, -0.1) is 11.3 Å². The Balaban J connectivity index is 1.68. The van der Waals surface area contributed by atoms with E-state index in [-0.39, 0.29) is 31.0 Å². The number of hydrogen-bond donors (Lipinski definition) is 2. The van der Waals surface area contributed by atoms with Gasteiger partial charge in [0.25, 0.3) is 5.91 Å². The normalized spacial score (nSPS) is 11.6. The van der Waals surface area contributed by atoms with E-state index in [1.54, 1.807) is 18.2 Å². The van der Waals surface area contributed by atoms with Crippen LogP contribution in [0.15, 0.2) is 42.5 Å². The summed E-state index contributed by atoms with van der Waals surface area (Å²) in [6, 6.07) is 12.5. The van der Waals surface area contributed by atoms with Crippen molar-refractivity contribution < 1.29 is 14.3 Å². The van der Waals surface area contributed by atoms with Crippen LogP contribution in [0.1, 0.15) is 17.8 Å². The van der Waals surface area contributed by atoms with Gasteiger partial charge in [-0.3, -0.25) is 9.59 Å². The predicted molar refractivity (Wildman–Crippen MR) is 90.8 cm³/mol. The molecule has 5 nitrogen and oxygen atoms in total. The summed E-state index contributed by atoms with van der Waals surface area (Å²) in [5, 5.41) is 5.31. The van der Waals surface area contributed by atoms with Crippen LogP contribution < -0.4 is 15.4 Å². The highest BCUT2D eigenvalue weighted by atomic mass is 35.5. The summed E-state index contributed by atoms with van der Waals surface area (Å²) < 4.78 is 5.97. The number of ether oxygens (including phenoxy) is 1. The molecule has 2 aromatic rings. The Morgan fingerprint density at radius 1 is 1.17 bits per heavy atom. The number of amides is 2. The molecule has 0 spiro atoms. The van der Waals surface area contributed by atoms with E-state index in [4.69, 9.17) is 16.3 Å². The molecule has 1 heterocycles. The second-order valence-electron chi connectivity index (χ2n) is 4.81. The summed E-state index contributed by atoms with van der Waals surface area (Å²) in [6.07, 6.45) is 0. The van der Waals surface area contributed by atoms with Crippen molar-refractivity contribution in [3.63, 3.8) is 0 Å². The quantitative estimate of drug-likeness (QED) is 0.805. The average Bonchev–Trinajstić information content (AvgIpc) is 2.98. The van der Waals surface area contributed by atoms with E-state index in [9.17, 15) is 9.59 Å². The molecule has 2 N–H and O–H groups in total. The summed E-state index contributed by atoms with van der Waals surface area (Å²) in [4.78, 5) is 24.4. The molecule has 2 rings (SSSR count). The first-order chi connectivity index (χ1) is 11.0. The number of halogens is 1. The Bertz CT molecular complexity index is 660. The maximum atomic E-state index is 11.8. The lowest BCUT2D eigenvalue weighted by molar-refractivity contribution is -0.127. The number of benzene rings is 1. The standard InChI is InChI=1S/C16H17ClN2O3S/c1-11(13-7-8-14(17)23-13)19-15(20)9-18-16(21)10-22-12-5-3-2-4-6-12/h2-8,11H,9-10H2,1H3,(H,18,21)(H,19,20). The molecule has 0 saturated carbocycles. The summed E-state index contributed by atoms with van der Waals surface area (Å²) in [5.41, 5.74) is 0. The second-order valence-corrected chi connectivity index (χ2v) is 6.56. The Labute approximate surface area is 143 Å². The first-order valence-corrected chi connectivity index (χ1v) is 8.23. The lowest BCUT2D eigenvalue weighted by Crippen LogP contribution is -2.39. The molecule has 0 saturated heterocycles. The Hall–Kier alpha value is -2.05. The number of thiophene rings is 1. The van der Waals surface area contributed by atoms with Crippen molar-refractivity contribution in [2.75, 3.05) is 13.2 Å². The average molecular weight is 353 g/mol. The van der Waals surface area contributed by atoms with Crippen LogP contribution in [0.25, 0.3) is 0 Å². The smallest absolute Gasteiger partial charge is 0.258 e. The predicted octanol–water partition coefficient (Wildman–Crippen LogP) is 2.77. The molecule has 122 valence electrons. The molecule has 23 heavy (non-hydrogen) atoms. The summed E-state index contributed by atoms with van der Waals surface area (Å²) in [5.74, 6) is -0.0128.